The van der Waals surface area contributed by atoms with Gasteiger partial charge in [0.25, 0.3) is 0 Å². The van der Waals surface area contributed by atoms with Crippen LogP contribution in [0.2, 0.25) is 0 Å². The van der Waals surface area contributed by atoms with Gasteiger partial charge in [0.2, 0.25) is 11.8 Å². The Morgan fingerprint density at radius 3 is 2.18 bits per heavy atom. The summed E-state index contributed by atoms with van der Waals surface area (Å²) in [7, 11) is 0. The molecule has 1 atom stereocenters. The second kappa shape index (κ2) is 16.1. The number of carbonyl (C=O) groups excluding carboxylic acids is 2. The molecule has 2 aromatic heterocycles. The lowest BCUT2D eigenvalue weighted by Crippen LogP contribution is -2.56. The van der Waals surface area contributed by atoms with Crippen molar-refractivity contribution in [3.8, 4) is 11.3 Å². The predicted molar refractivity (Wildman–Crippen MR) is 191 cm³/mol. The lowest BCUT2D eigenvalue weighted by atomic mass is 10.0. The fourth-order valence-corrected chi connectivity index (χ4v) is 6.72. The third-order valence-electron chi connectivity index (χ3n) is 8.81. The van der Waals surface area contributed by atoms with Crippen LogP contribution in [0.25, 0.3) is 17.3 Å². The van der Waals surface area contributed by atoms with E-state index >= 15 is 0 Å². The number of piperazine rings is 1. The lowest BCUT2D eigenvalue weighted by molar-refractivity contribution is -0.145. The van der Waals surface area contributed by atoms with E-state index in [1.54, 1.807) is 11.1 Å². The van der Waals surface area contributed by atoms with E-state index in [4.69, 9.17) is 0 Å². The van der Waals surface area contributed by atoms with Crippen molar-refractivity contribution in [2.75, 3.05) is 26.2 Å². The van der Waals surface area contributed by atoms with Gasteiger partial charge in [0.1, 0.15) is 6.04 Å². The largest absolute Gasteiger partial charge is 0.416 e. The van der Waals surface area contributed by atoms with Crippen LogP contribution in [-0.2, 0) is 35.3 Å². The van der Waals surface area contributed by atoms with Crippen LogP contribution < -0.4 is 0 Å². The summed E-state index contributed by atoms with van der Waals surface area (Å²) < 4.78 is 39.4. The quantitative estimate of drug-likeness (QED) is 0.132. The van der Waals surface area contributed by atoms with Crippen molar-refractivity contribution in [2.45, 2.75) is 31.7 Å². The van der Waals surface area contributed by atoms with E-state index in [0.29, 0.717) is 38.2 Å². The Bertz CT molecular complexity index is 1860. The van der Waals surface area contributed by atoms with Gasteiger partial charge in [-0.05, 0) is 69.4 Å². The summed E-state index contributed by atoms with van der Waals surface area (Å²) >= 11 is 1.53. The molecule has 256 valence electrons. The minimum atomic E-state index is -4.46. The molecule has 0 N–H and O–H groups in total. The molecule has 0 radical (unpaired) electrons. The Hall–Kier alpha value is -5.06. The van der Waals surface area contributed by atoms with Gasteiger partial charge in [-0.15, -0.1) is 0 Å². The minimum absolute atomic E-state index is 0.128. The van der Waals surface area contributed by atoms with Crippen LogP contribution in [0.5, 0.6) is 0 Å². The average molecular weight is 695 g/mol. The number of hydrogen-bond donors (Lipinski definition) is 0. The molecule has 0 bridgehead atoms. The molecule has 0 spiro atoms. The second-order valence-corrected chi connectivity index (χ2v) is 13.0. The van der Waals surface area contributed by atoms with Crippen molar-refractivity contribution >= 4 is 29.2 Å². The number of thiophene rings is 1. The number of rotatable bonds is 11. The van der Waals surface area contributed by atoms with Crippen molar-refractivity contribution in [3.63, 3.8) is 0 Å². The molecule has 10 heteroatoms. The standard InChI is InChI=1S/C40H37F3N4O2S/c41-40(42,43)35-16-11-30(12-17-35)13-18-38(48)47(28-32-9-14-34(15-10-32)36-8-4-5-20-44-36)37(26-33-19-25-50-29-33)39(49)46-23-21-45(22-24-46)27-31-6-2-1-3-7-31/h1-20,25,29,37H,21-24,26-28H2/b18-13+/t37-/m0/s1. The molecule has 1 aliphatic heterocycles. The molecule has 3 heterocycles. The minimum Gasteiger partial charge on any atom is -0.338 e. The van der Waals surface area contributed by atoms with Crippen molar-refractivity contribution in [3.05, 3.63) is 154 Å². The van der Waals surface area contributed by atoms with Gasteiger partial charge in [0.15, 0.2) is 0 Å². The van der Waals surface area contributed by atoms with E-state index in [-0.39, 0.29) is 12.5 Å². The summed E-state index contributed by atoms with van der Waals surface area (Å²) in [4.78, 5) is 38.8. The van der Waals surface area contributed by atoms with Crippen LogP contribution in [0.4, 0.5) is 13.2 Å². The monoisotopic (exact) mass is 694 g/mol. The average Bonchev–Trinajstić information content (AvgIpc) is 3.66. The Morgan fingerprint density at radius 2 is 1.54 bits per heavy atom. The van der Waals surface area contributed by atoms with E-state index in [9.17, 15) is 22.8 Å². The lowest BCUT2D eigenvalue weighted by Gasteiger charge is -2.39. The van der Waals surface area contributed by atoms with Crippen LogP contribution >= 0.6 is 11.3 Å². The molecule has 6 rings (SSSR count). The fourth-order valence-electron chi connectivity index (χ4n) is 6.04. The Labute approximate surface area is 294 Å². The maximum absolute atomic E-state index is 14.4. The first-order valence-corrected chi connectivity index (χ1v) is 17.4. The highest BCUT2D eigenvalue weighted by Crippen LogP contribution is 2.29. The van der Waals surface area contributed by atoms with E-state index in [1.807, 2.05) is 82.4 Å². The molecular formula is C40H37F3N4O2S. The zero-order valence-electron chi connectivity index (χ0n) is 27.4. The summed E-state index contributed by atoms with van der Waals surface area (Å²) in [6.45, 7) is 3.45. The number of benzene rings is 3. The van der Waals surface area contributed by atoms with Crippen molar-refractivity contribution in [2.24, 2.45) is 0 Å². The number of pyridine rings is 1. The van der Waals surface area contributed by atoms with Gasteiger partial charge in [-0.3, -0.25) is 19.5 Å². The topological polar surface area (TPSA) is 56.8 Å². The Kier molecular flexibility index (Phi) is 11.2. The number of aromatic nitrogens is 1. The van der Waals surface area contributed by atoms with Gasteiger partial charge in [-0.1, -0.05) is 72.8 Å². The normalized spacial score (nSPS) is 14.5. The fraction of sp³-hybridized carbons (Fsp3) is 0.225. The van der Waals surface area contributed by atoms with Gasteiger partial charge in [0, 0.05) is 63.5 Å². The molecule has 1 aliphatic rings. The molecular weight excluding hydrogens is 658 g/mol. The van der Waals surface area contributed by atoms with Crippen LogP contribution in [0.3, 0.4) is 0 Å². The van der Waals surface area contributed by atoms with E-state index < -0.39 is 23.7 Å². The zero-order valence-corrected chi connectivity index (χ0v) is 28.2. The summed E-state index contributed by atoms with van der Waals surface area (Å²) in [5.74, 6) is -0.535. The third kappa shape index (κ3) is 9.13. The molecule has 2 amide bonds. The number of nitrogens with zero attached hydrogens (tertiary/aromatic N) is 4. The van der Waals surface area contributed by atoms with Crippen LogP contribution in [0, 0.1) is 0 Å². The SMILES string of the molecule is O=C([C@H](Cc1ccsc1)N(Cc1ccc(-c2ccccn2)cc1)C(=O)/C=C/c1ccc(C(F)(F)F)cc1)N1CCN(Cc2ccccc2)CC1. The Morgan fingerprint density at radius 1 is 0.820 bits per heavy atom. The number of carbonyl (C=O) groups is 2. The molecule has 0 aliphatic carbocycles. The molecule has 1 saturated heterocycles. The molecule has 1 fully saturated rings. The van der Waals surface area contributed by atoms with E-state index in [1.165, 1.54) is 41.2 Å². The first-order valence-electron chi connectivity index (χ1n) is 16.5. The van der Waals surface area contributed by atoms with Crippen LogP contribution in [-0.4, -0.2) is 63.7 Å². The second-order valence-electron chi connectivity index (χ2n) is 12.3. The molecule has 0 unspecified atom stereocenters. The smallest absolute Gasteiger partial charge is 0.338 e. The highest BCUT2D eigenvalue weighted by molar-refractivity contribution is 7.07. The van der Waals surface area contributed by atoms with E-state index in [0.717, 1.165) is 41.1 Å². The number of alkyl halides is 3. The van der Waals surface area contributed by atoms with Crippen LogP contribution in [0.15, 0.2) is 126 Å². The highest BCUT2D eigenvalue weighted by atomic mass is 32.1. The van der Waals surface area contributed by atoms with Gasteiger partial charge < -0.3 is 9.80 Å². The molecule has 50 heavy (non-hydrogen) atoms. The van der Waals surface area contributed by atoms with Crippen molar-refractivity contribution < 1.29 is 22.8 Å². The molecule has 3 aromatic carbocycles. The zero-order chi connectivity index (χ0) is 34.9. The number of halogens is 3. The Balaban J connectivity index is 1.26. The molecule has 5 aromatic rings. The first kappa shape index (κ1) is 34.8. The summed E-state index contributed by atoms with van der Waals surface area (Å²) in [6.07, 6.45) is 0.446. The van der Waals surface area contributed by atoms with Crippen LogP contribution in [0.1, 0.15) is 27.8 Å². The summed E-state index contributed by atoms with van der Waals surface area (Å²) in [5, 5.41) is 3.94. The van der Waals surface area contributed by atoms with Gasteiger partial charge >= 0.3 is 6.18 Å². The number of amides is 2. The maximum Gasteiger partial charge on any atom is 0.416 e. The molecule has 0 saturated carbocycles. The van der Waals surface area contributed by atoms with Crippen molar-refractivity contribution in [1.29, 1.82) is 0 Å². The third-order valence-corrected chi connectivity index (χ3v) is 9.54. The molecule has 6 nitrogen and oxygen atoms in total. The first-order chi connectivity index (χ1) is 24.2. The summed E-state index contributed by atoms with van der Waals surface area (Å²) in [5.41, 5.74) is 4.43. The van der Waals surface area contributed by atoms with Gasteiger partial charge in [-0.25, -0.2) is 0 Å². The maximum atomic E-state index is 14.4. The van der Waals surface area contributed by atoms with Crippen molar-refractivity contribution in [1.82, 2.24) is 19.7 Å². The highest BCUT2D eigenvalue weighted by Gasteiger charge is 2.34. The van der Waals surface area contributed by atoms with Gasteiger partial charge in [0.05, 0.1) is 11.3 Å². The predicted octanol–water partition coefficient (Wildman–Crippen LogP) is 7.83. The van der Waals surface area contributed by atoms with E-state index in [2.05, 4.69) is 22.0 Å². The van der Waals surface area contributed by atoms with Gasteiger partial charge in [-0.2, -0.15) is 24.5 Å². The number of hydrogen-bond acceptors (Lipinski definition) is 5. The summed E-state index contributed by atoms with van der Waals surface area (Å²) in [6, 6.07) is 29.5.